The number of carbonyl (C=O) groups is 1. The van der Waals surface area contributed by atoms with Gasteiger partial charge < -0.3 is 10.1 Å². The van der Waals surface area contributed by atoms with Crippen LogP contribution in [-0.4, -0.2) is 40.3 Å². The number of aryl methyl sites for hydroxylation is 1. The van der Waals surface area contributed by atoms with Gasteiger partial charge in [-0.05, 0) is 6.42 Å². The van der Waals surface area contributed by atoms with Crippen LogP contribution in [0.1, 0.15) is 25.5 Å². The Morgan fingerprint density at radius 1 is 1.63 bits per heavy atom. The topological polar surface area (TPSA) is 68.3 Å². The predicted octanol–water partition coefficient (Wildman–Crippen LogP) is 1.82. The van der Waals surface area contributed by atoms with E-state index in [0.29, 0.717) is 12.8 Å². The third-order valence-corrected chi connectivity index (χ3v) is 4.98. The van der Waals surface area contributed by atoms with Crippen LogP contribution in [0.3, 0.4) is 0 Å². The number of hydrogen-bond acceptors (Lipinski definition) is 6. The summed E-state index contributed by atoms with van der Waals surface area (Å²) in [7, 11) is 0.603. The third kappa shape index (κ3) is 6.15. The smallest absolute Gasteiger partial charge is 0.305 e. The fourth-order valence-corrected chi connectivity index (χ4v) is 2.61. The maximum Gasteiger partial charge on any atom is 0.305 e. The highest BCUT2D eigenvalue weighted by Gasteiger charge is 2.08. The Morgan fingerprint density at radius 3 is 3.00 bits per heavy atom. The van der Waals surface area contributed by atoms with Gasteiger partial charge in [-0.15, -0.1) is 11.3 Å². The van der Waals surface area contributed by atoms with Gasteiger partial charge in [0.05, 0.1) is 19.2 Å². The molecular weight excluding hydrogens is 284 g/mol. The highest BCUT2D eigenvalue weighted by Crippen LogP contribution is 2.16. The molecule has 1 heterocycles. The molecule has 0 bridgehead atoms. The number of nitrogens with zero attached hydrogens (tertiary/aromatic N) is 1. The van der Waals surface area contributed by atoms with E-state index in [9.17, 15) is 9.00 Å². The van der Waals surface area contributed by atoms with Crippen molar-refractivity contribution < 1.29 is 13.7 Å². The quantitative estimate of drug-likeness (QED) is 0.742. The Kier molecular flexibility index (Phi) is 7.01. The number of carbonyl (C=O) groups excluding carboxylic acids is 1. The minimum absolute atomic E-state index is 0.186. The summed E-state index contributed by atoms with van der Waals surface area (Å²) in [4.78, 5) is 15.4. The maximum atomic E-state index is 11.2. The second-order valence-corrected chi connectivity index (χ2v) is 6.90. The maximum absolute atomic E-state index is 11.2. The summed E-state index contributed by atoms with van der Waals surface area (Å²) >= 11 is 1.52. The number of nitrogens with one attached hydrogen (secondary N) is 1. The van der Waals surface area contributed by atoms with E-state index in [-0.39, 0.29) is 11.2 Å². The summed E-state index contributed by atoms with van der Waals surface area (Å²) < 4.78 is 15.8. The molecule has 2 unspecified atom stereocenters. The lowest BCUT2D eigenvalue weighted by molar-refractivity contribution is -0.140. The molecule has 108 valence electrons. The minimum atomic E-state index is -0.781. The molecule has 7 heteroatoms. The van der Waals surface area contributed by atoms with E-state index in [1.807, 2.05) is 12.3 Å². The van der Waals surface area contributed by atoms with E-state index in [0.717, 1.165) is 23.8 Å². The van der Waals surface area contributed by atoms with Crippen LogP contribution in [0.25, 0.3) is 0 Å². The minimum Gasteiger partial charge on any atom is -0.469 e. The van der Waals surface area contributed by atoms with Crippen molar-refractivity contribution >= 4 is 33.2 Å². The van der Waals surface area contributed by atoms with Gasteiger partial charge in [0.25, 0.3) is 0 Å². The first-order valence-corrected chi connectivity index (χ1v) is 8.60. The predicted molar refractivity (Wildman–Crippen MR) is 79.1 cm³/mol. The molecular formula is C12H20N2O3S2. The molecule has 0 saturated carbocycles. The van der Waals surface area contributed by atoms with Gasteiger partial charge in [-0.3, -0.25) is 9.00 Å². The van der Waals surface area contributed by atoms with Gasteiger partial charge in [-0.25, -0.2) is 4.98 Å². The molecule has 0 radical (unpaired) electrons. The van der Waals surface area contributed by atoms with E-state index in [4.69, 9.17) is 0 Å². The van der Waals surface area contributed by atoms with E-state index in [1.165, 1.54) is 18.4 Å². The standard InChI is InChI=1S/C12H20N2O3S2/c1-9(19(3)16)6-7-13-12-14-10(8-18-12)4-5-11(15)17-2/h8-9H,4-7H2,1-3H3,(H,13,14). The van der Waals surface area contributed by atoms with Gasteiger partial charge in [0, 0.05) is 40.7 Å². The van der Waals surface area contributed by atoms with Crippen LogP contribution in [0.5, 0.6) is 0 Å². The number of hydrogen-bond donors (Lipinski definition) is 1. The Balaban J connectivity index is 2.30. The molecule has 0 aliphatic heterocycles. The number of ether oxygens (including phenoxy) is 1. The van der Waals surface area contributed by atoms with Gasteiger partial charge in [0.15, 0.2) is 5.13 Å². The summed E-state index contributed by atoms with van der Waals surface area (Å²) in [5, 5.41) is 6.17. The van der Waals surface area contributed by atoms with Gasteiger partial charge in [-0.2, -0.15) is 0 Å². The van der Waals surface area contributed by atoms with Crippen LogP contribution < -0.4 is 5.32 Å². The molecule has 0 saturated heterocycles. The number of anilines is 1. The number of methoxy groups -OCH3 is 1. The van der Waals surface area contributed by atoms with Crippen LogP contribution in [-0.2, 0) is 26.8 Å². The van der Waals surface area contributed by atoms with Gasteiger partial charge in [-0.1, -0.05) is 6.92 Å². The summed E-state index contributed by atoms with van der Waals surface area (Å²) in [5.74, 6) is -0.221. The van der Waals surface area contributed by atoms with E-state index < -0.39 is 10.8 Å². The molecule has 1 aromatic rings. The first-order chi connectivity index (χ1) is 9.02. The summed E-state index contributed by atoms with van der Waals surface area (Å²) in [6, 6.07) is 0. The van der Waals surface area contributed by atoms with Crippen molar-refractivity contribution in [3.05, 3.63) is 11.1 Å². The lowest BCUT2D eigenvalue weighted by Gasteiger charge is -2.07. The molecule has 0 fully saturated rings. The Morgan fingerprint density at radius 2 is 2.37 bits per heavy atom. The zero-order valence-corrected chi connectivity index (χ0v) is 13.1. The highest BCUT2D eigenvalue weighted by atomic mass is 32.2. The number of rotatable bonds is 8. The van der Waals surface area contributed by atoms with Gasteiger partial charge in [0.2, 0.25) is 0 Å². The van der Waals surface area contributed by atoms with Crippen molar-refractivity contribution in [3.8, 4) is 0 Å². The molecule has 1 N–H and O–H groups in total. The zero-order chi connectivity index (χ0) is 14.3. The molecule has 0 aliphatic rings. The number of aromatic nitrogens is 1. The normalized spacial score (nSPS) is 13.8. The largest absolute Gasteiger partial charge is 0.469 e. The Labute approximate surface area is 120 Å². The van der Waals surface area contributed by atoms with Gasteiger partial charge >= 0.3 is 5.97 Å². The van der Waals surface area contributed by atoms with Crippen LogP contribution in [0.4, 0.5) is 5.13 Å². The van der Waals surface area contributed by atoms with E-state index in [2.05, 4.69) is 15.0 Å². The molecule has 19 heavy (non-hydrogen) atoms. The third-order valence-electron chi connectivity index (χ3n) is 2.76. The number of thiazole rings is 1. The summed E-state index contributed by atoms with van der Waals surface area (Å²) in [5.41, 5.74) is 0.894. The molecule has 0 amide bonds. The fourth-order valence-electron chi connectivity index (χ4n) is 1.38. The molecule has 0 spiro atoms. The fraction of sp³-hybridized carbons (Fsp3) is 0.667. The first-order valence-electron chi connectivity index (χ1n) is 6.10. The number of esters is 1. The second-order valence-electron chi connectivity index (χ2n) is 4.24. The van der Waals surface area contributed by atoms with Gasteiger partial charge in [0.1, 0.15) is 0 Å². The molecule has 1 rings (SSSR count). The van der Waals surface area contributed by atoms with Crippen LogP contribution in [0.15, 0.2) is 5.38 Å². The summed E-state index contributed by atoms with van der Waals surface area (Å²) in [6.07, 6.45) is 3.52. The Hall–Kier alpha value is -0.950. The molecule has 1 aromatic heterocycles. The Bertz CT molecular complexity index is 434. The molecule has 0 aromatic carbocycles. The highest BCUT2D eigenvalue weighted by molar-refractivity contribution is 7.84. The van der Waals surface area contributed by atoms with E-state index in [1.54, 1.807) is 6.26 Å². The van der Waals surface area contributed by atoms with Crippen LogP contribution in [0.2, 0.25) is 0 Å². The SMILES string of the molecule is COC(=O)CCc1csc(NCCC(C)S(C)=O)n1. The first kappa shape index (κ1) is 16.1. The van der Waals surface area contributed by atoms with E-state index >= 15 is 0 Å². The lowest BCUT2D eigenvalue weighted by Crippen LogP contribution is -2.14. The van der Waals surface area contributed by atoms with Crippen molar-refractivity contribution in [2.45, 2.75) is 31.4 Å². The molecule has 0 aliphatic carbocycles. The summed E-state index contributed by atoms with van der Waals surface area (Å²) in [6.45, 7) is 2.73. The monoisotopic (exact) mass is 304 g/mol. The van der Waals surface area contributed by atoms with Crippen molar-refractivity contribution in [2.75, 3.05) is 25.2 Å². The average Bonchev–Trinajstić information content (AvgIpc) is 2.83. The lowest BCUT2D eigenvalue weighted by atomic mass is 10.2. The van der Waals surface area contributed by atoms with Crippen molar-refractivity contribution in [2.24, 2.45) is 0 Å². The zero-order valence-electron chi connectivity index (χ0n) is 11.5. The van der Waals surface area contributed by atoms with Crippen molar-refractivity contribution in [1.29, 1.82) is 0 Å². The van der Waals surface area contributed by atoms with Crippen molar-refractivity contribution in [1.82, 2.24) is 4.98 Å². The second kappa shape index (κ2) is 8.27. The molecule has 2 atom stereocenters. The molecule has 5 nitrogen and oxygen atoms in total. The van der Waals surface area contributed by atoms with Crippen LogP contribution in [0, 0.1) is 0 Å². The average molecular weight is 304 g/mol. The van der Waals surface area contributed by atoms with Crippen LogP contribution >= 0.6 is 11.3 Å². The van der Waals surface area contributed by atoms with Crippen molar-refractivity contribution in [3.63, 3.8) is 0 Å².